The van der Waals surface area contributed by atoms with Crippen LogP contribution in [-0.4, -0.2) is 75.9 Å². The molecule has 0 bridgehead atoms. The lowest BCUT2D eigenvalue weighted by molar-refractivity contribution is 0.0603. The van der Waals surface area contributed by atoms with Crippen LogP contribution in [0.3, 0.4) is 0 Å². The SMILES string of the molecule is C1COCCSSCCOCCOCCSSCCO1. The van der Waals surface area contributed by atoms with Crippen molar-refractivity contribution >= 4 is 43.2 Å². The molecule has 0 amide bonds. The normalized spacial score (nSPS) is 24.0. The summed E-state index contributed by atoms with van der Waals surface area (Å²) in [5, 5.41) is 0. The second kappa shape index (κ2) is 16.6. The van der Waals surface area contributed by atoms with Crippen LogP contribution in [0.15, 0.2) is 0 Å². The molecule has 8 heteroatoms. The summed E-state index contributed by atoms with van der Waals surface area (Å²) in [7, 11) is 7.34. The fraction of sp³-hybridized carbons (Fsp3) is 1.00. The van der Waals surface area contributed by atoms with Gasteiger partial charge in [0.25, 0.3) is 0 Å². The number of ether oxygens (including phenoxy) is 4. The maximum atomic E-state index is 5.50. The Morgan fingerprint density at radius 1 is 0.350 bits per heavy atom. The van der Waals surface area contributed by atoms with Crippen LogP contribution in [0, 0.1) is 0 Å². The molecule has 1 aliphatic rings. The predicted octanol–water partition coefficient (Wildman–Crippen LogP) is 2.83. The molecule has 20 heavy (non-hydrogen) atoms. The second-order valence-electron chi connectivity index (χ2n) is 3.74. The van der Waals surface area contributed by atoms with Gasteiger partial charge in [-0.25, -0.2) is 0 Å². The lowest BCUT2D eigenvalue weighted by Crippen LogP contribution is -2.09. The summed E-state index contributed by atoms with van der Waals surface area (Å²) >= 11 is 0. The number of rotatable bonds is 0. The summed E-state index contributed by atoms with van der Waals surface area (Å²) in [5.41, 5.74) is 0. The van der Waals surface area contributed by atoms with E-state index >= 15 is 0 Å². The van der Waals surface area contributed by atoms with E-state index in [0.717, 1.165) is 49.4 Å². The second-order valence-corrected chi connectivity index (χ2v) is 9.14. The van der Waals surface area contributed by atoms with Gasteiger partial charge in [-0.2, -0.15) is 0 Å². The van der Waals surface area contributed by atoms with Crippen molar-refractivity contribution in [2.75, 3.05) is 75.9 Å². The molecule has 0 aliphatic carbocycles. The lowest BCUT2D eigenvalue weighted by Gasteiger charge is -2.07. The van der Waals surface area contributed by atoms with Crippen molar-refractivity contribution in [2.45, 2.75) is 0 Å². The maximum absolute atomic E-state index is 5.50. The molecule has 0 saturated carbocycles. The van der Waals surface area contributed by atoms with Crippen molar-refractivity contribution in [1.29, 1.82) is 0 Å². The third kappa shape index (κ3) is 14.2. The van der Waals surface area contributed by atoms with Crippen LogP contribution in [0.1, 0.15) is 0 Å². The highest BCUT2D eigenvalue weighted by molar-refractivity contribution is 8.77. The van der Waals surface area contributed by atoms with Gasteiger partial charge in [-0.15, -0.1) is 0 Å². The highest BCUT2D eigenvalue weighted by Gasteiger charge is 1.96. The fourth-order valence-electron chi connectivity index (χ4n) is 1.25. The first kappa shape index (κ1) is 19.3. The van der Waals surface area contributed by atoms with Gasteiger partial charge in [-0.1, -0.05) is 43.2 Å². The molecular formula is C12H24O4S4. The summed E-state index contributed by atoms with van der Waals surface area (Å²) in [6.45, 7) is 5.95. The van der Waals surface area contributed by atoms with Gasteiger partial charge in [0.1, 0.15) is 0 Å². The van der Waals surface area contributed by atoms with Crippen LogP contribution >= 0.6 is 43.2 Å². The zero-order chi connectivity index (χ0) is 14.1. The van der Waals surface area contributed by atoms with E-state index in [0.29, 0.717) is 26.4 Å². The van der Waals surface area contributed by atoms with Gasteiger partial charge in [0, 0.05) is 23.0 Å². The molecule has 0 aromatic rings. The van der Waals surface area contributed by atoms with E-state index < -0.39 is 0 Å². The minimum atomic E-state index is 0.694. The Morgan fingerprint density at radius 3 is 0.850 bits per heavy atom. The molecule has 0 spiro atoms. The van der Waals surface area contributed by atoms with Crippen LogP contribution in [0.2, 0.25) is 0 Å². The first-order valence-electron chi connectivity index (χ1n) is 6.80. The molecule has 1 aliphatic heterocycles. The summed E-state index contributed by atoms with van der Waals surface area (Å²) in [5.74, 6) is 4.06. The van der Waals surface area contributed by atoms with E-state index in [1.54, 1.807) is 0 Å². The number of hydrogen-bond acceptors (Lipinski definition) is 8. The van der Waals surface area contributed by atoms with Crippen molar-refractivity contribution in [3.8, 4) is 0 Å². The molecule has 0 aromatic heterocycles. The quantitative estimate of drug-likeness (QED) is 0.611. The molecule has 1 heterocycles. The first-order valence-corrected chi connectivity index (χ1v) is 11.8. The Labute approximate surface area is 137 Å². The summed E-state index contributed by atoms with van der Waals surface area (Å²) in [6, 6.07) is 0. The third-order valence-electron chi connectivity index (χ3n) is 2.15. The molecule has 1 saturated heterocycles. The van der Waals surface area contributed by atoms with Gasteiger partial charge in [0.15, 0.2) is 0 Å². The summed E-state index contributed by atoms with van der Waals surface area (Å²) in [4.78, 5) is 0. The van der Waals surface area contributed by atoms with E-state index in [2.05, 4.69) is 0 Å². The van der Waals surface area contributed by atoms with Crippen LogP contribution in [-0.2, 0) is 18.9 Å². The molecule has 1 rings (SSSR count). The molecule has 1 fully saturated rings. The predicted molar refractivity (Wildman–Crippen MR) is 93.1 cm³/mol. The van der Waals surface area contributed by atoms with Crippen LogP contribution in [0.4, 0.5) is 0 Å². The molecule has 0 radical (unpaired) electrons. The Bertz CT molecular complexity index is 114. The molecule has 4 nitrogen and oxygen atoms in total. The highest BCUT2D eigenvalue weighted by atomic mass is 33.1. The minimum Gasteiger partial charge on any atom is -0.378 e. The van der Waals surface area contributed by atoms with Gasteiger partial charge in [0.05, 0.1) is 52.9 Å². The smallest absolute Gasteiger partial charge is 0.0700 e. The summed E-state index contributed by atoms with van der Waals surface area (Å²) in [6.07, 6.45) is 0. The molecule has 0 N–H and O–H groups in total. The fourth-order valence-corrected chi connectivity index (χ4v) is 4.70. The lowest BCUT2D eigenvalue weighted by atomic mass is 10.7. The van der Waals surface area contributed by atoms with E-state index in [4.69, 9.17) is 18.9 Å². The highest BCUT2D eigenvalue weighted by Crippen LogP contribution is 2.21. The number of hydrogen-bond donors (Lipinski definition) is 0. The molecule has 120 valence electrons. The Balaban J connectivity index is 2.00. The topological polar surface area (TPSA) is 36.9 Å². The van der Waals surface area contributed by atoms with E-state index in [9.17, 15) is 0 Å². The van der Waals surface area contributed by atoms with E-state index in [1.807, 2.05) is 43.2 Å². The Hall–Kier alpha value is 1.24. The largest absolute Gasteiger partial charge is 0.378 e. The van der Waals surface area contributed by atoms with Crippen LogP contribution < -0.4 is 0 Å². The molecule has 0 aromatic carbocycles. The van der Waals surface area contributed by atoms with Crippen molar-refractivity contribution in [3.05, 3.63) is 0 Å². The van der Waals surface area contributed by atoms with Crippen LogP contribution in [0.5, 0.6) is 0 Å². The summed E-state index contributed by atoms with van der Waals surface area (Å²) < 4.78 is 22.0. The van der Waals surface area contributed by atoms with Gasteiger partial charge >= 0.3 is 0 Å². The maximum Gasteiger partial charge on any atom is 0.0700 e. The van der Waals surface area contributed by atoms with Gasteiger partial charge in [0.2, 0.25) is 0 Å². The third-order valence-corrected chi connectivity index (χ3v) is 6.82. The van der Waals surface area contributed by atoms with Crippen molar-refractivity contribution in [3.63, 3.8) is 0 Å². The standard InChI is InChI=1S/C12H24O4S4/c1-2-14-6-10-18-20-12-8-16-4-3-15-7-11-19-17-9-5-13-1/h1-12H2. The van der Waals surface area contributed by atoms with Crippen molar-refractivity contribution in [2.24, 2.45) is 0 Å². The van der Waals surface area contributed by atoms with Crippen LogP contribution in [0.25, 0.3) is 0 Å². The molecular weight excluding hydrogens is 336 g/mol. The molecule has 0 unspecified atom stereocenters. The minimum absolute atomic E-state index is 0.694. The average molecular weight is 361 g/mol. The van der Waals surface area contributed by atoms with Crippen molar-refractivity contribution < 1.29 is 18.9 Å². The van der Waals surface area contributed by atoms with Gasteiger partial charge in [-0.3, -0.25) is 0 Å². The monoisotopic (exact) mass is 360 g/mol. The zero-order valence-electron chi connectivity index (χ0n) is 11.8. The van der Waals surface area contributed by atoms with E-state index in [-0.39, 0.29) is 0 Å². The van der Waals surface area contributed by atoms with Gasteiger partial charge < -0.3 is 18.9 Å². The average Bonchev–Trinajstić information content (AvgIpc) is 2.46. The zero-order valence-corrected chi connectivity index (χ0v) is 15.0. The van der Waals surface area contributed by atoms with E-state index in [1.165, 1.54) is 0 Å². The Morgan fingerprint density at radius 2 is 0.600 bits per heavy atom. The Kier molecular flexibility index (Phi) is 16.0. The molecule has 0 atom stereocenters. The van der Waals surface area contributed by atoms with Crippen molar-refractivity contribution in [1.82, 2.24) is 0 Å². The van der Waals surface area contributed by atoms with Gasteiger partial charge in [-0.05, 0) is 0 Å². The first-order chi connectivity index (χ1) is 10.0.